The summed E-state index contributed by atoms with van der Waals surface area (Å²) in [7, 11) is 0. The Hall–Kier alpha value is -0.740. The monoisotopic (exact) mass is 282 g/mol. The summed E-state index contributed by atoms with van der Waals surface area (Å²) in [5.74, 6) is 0.0160. The molecule has 116 valence electrons. The molecule has 1 saturated carbocycles. The molecule has 0 aromatic carbocycles. The largest absolute Gasteiger partial charge is 0.330 e. The van der Waals surface area contributed by atoms with E-state index in [0.717, 1.165) is 32.1 Å². The van der Waals surface area contributed by atoms with Crippen LogP contribution in [-0.2, 0) is 9.59 Å². The normalized spacial score (nSPS) is 24.6. The molecule has 1 aliphatic carbocycles. The van der Waals surface area contributed by atoms with E-state index in [9.17, 15) is 9.59 Å². The number of carbonyl (C=O) groups is 2. The second kappa shape index (κ2) is 7.32. The molecule has 0 amide bonds. The first-order valence-electron chi connectivity index (χ1n) is 7.82. The van der Waals surface area contributed by atoms with E-state index < -0.39 is 6.04 Å². The number of hydrogen-bond donors (Lipinski definition) is 2. The van der Waals surface area contributed by atoms with E-state index in [1.807, 2.05) is 20.8 Å². The van der Waals surface area contributed by atoms with Gasteiger partial charge >= 0.3 is 0 Å². The van der Waals surface area contributed by atoms with Gasteiger partial charge in [0.25, 0.3) is 0 Å². The Morgan fingerprint density at radius 2 is 1.75 bits per heavy atom. The predicted octanol–water partition coefficient (Wildman–Crippen LogP) is 2.04. The van der Waals surface area contributed by atoms with Crippen LogP contribution in [0.2, 0.25) is 0 Å². The van der Waals surface area contributed by atoms with E-state index in [1.165, 1.54) is 0 Å². The zero-order valence-electron chi connectivity index (χ0n) is 13.2. The third-order valence-electron chi connectivity index (χ3n) is 4.29. The van der Waals surface area contributed by atoms with Crippen molar-refractivity contribution >= 4 is 11.6 Å². The SMILES string of the molecule is CC(C)(C)C(=O)[C@@H]1CCCC1C(=O)C(N)CCCCN. The van der Waals surface area contributed by atoms with Crippen molar-refractivity contribution in [1.29, 1.82) is 0 Å². The molecular formula is C16H30N2O2. The highest BCUT2D eigenvalue weighted by Gasteiger charge is 2.42. The van der Waals surface area contributed by atoms with Crippen molar-refractivity contribution in [2.75, 3.05) is 6.54 Å². The summed E-state index contributed by atoms with van der Waals surface area (Å²) >= 11 is 0. The first kappa shape index (κ1) is 17.3. The van der Waals surface area contributed by atoms with Gasteiger partial charge < -0.3 is 11.5 Å². The number of unbranched alkanes of at least 4 members (excludes halogenated alkanes) is 1. The second-order valence-electron chi connectivity index (χ2n) is 7.05. The van der Waals surface area contributed by atoms with Gasteiger partial charge in [-0.2, -0.15) is 0 Å². The van der Waals surface area contributed by atoms with E-state index >= 15 is 0 Å². The minimum absolute atomic E-state index is 0.0853. The topological polar surface area (TPSA) is 86.2 Å². The third kappa shape index (κ3) is 4.38. The van der Waals surface area contributed by atoms with Gasteiger partial charge in [-0.15, -0.1) is 0 Å². The fourth-order valence-corrected chi connectivity index (χ4v) is 3.10. The molecule has 4 nitrogen and oxygen atoms in total. The molecule has 0 radical (unpaired) electrons. The Bertz CT molecular complexity index is 347. The number of carbonyl (C=O) groups excluding carboxylic acids is 2. The van der Waals surface area contributed by atoms with Crippen LogP contribution in [0.1, 0.15) is 59.3 Å². The van der Waals surface area contributed by atoms with Gasteiger partial charge in [0, 0.05) is 17.3 Å². The van der Waals surface area contributed by atoms with Gasteiger partial charge in [-0.05, 0) is 32.2 Å². The minimum atomic E-state index is -0.431. The molecule has 4 N–H and O–H groups in total. The number of ketones is 2. The van der Waals surface area contributed by atoms with Crippen LogP contribution >= 0.6 is 0 Å². The fraction of sp³-hybridized carbons (Fsp3) is 0.875. The lowest BCUT2D eigenvalue weighted by Gasteiger charge is -2.26. The van der Waals surface area contributed by atoms with E-state index in [1.54, 1.807) is 0 Å². The average Bonchev–Trinajstić information content (AvgIpc) is 2.84. The zero-order chi connectivity index (χ0) is 15.3. The lowest BCUT2D eigenvalue weighted by Crippen LogP contribution is -2.41. The zero-order valence-corrected chi connectivity index (χ0v) is 13.2. The Morgan fingerprint density at radius 3 is 2.30 bits per heavy atom. The Kier molecular flexibility index (Phi) is 6.34. The van der Waals surface area contributed by atoms with Crippen molar-refractivity contribution in [2.45, 2.75) is 65.3 Å². The van der Waals surface area contributed by atoms with Crippen LogP contribution in [0, 0.1) is 17.3 Å². The number of Topliss-reactive ketones (excluding diaryl/α,β-unsaturated/α-hetero) is 2. The van der Waals surface area contributed by atoms with Gasteiger partial charge in [0.05, 0.1) is 6.04 Å². The maximum atomic E-state index is 12.5. The van der Waals surface area contributed by atoms with Gasteiger partial charge in [-0.1, -0.05) is 33.6 Å². The van der Waals surface area contributed by atoms with Crippen LogP contribution in [0.25, 0.3) is 0 Å². The van der Waals surface area contributed by atoms with E-state index in [0.29, 0.717) is 13.0 Å². The maximum Gasteiger partial charge on any atom is 0.153 e. The molecule has 20 heavy (non-hydrogen) atoms. The van der Waals surface area contributed by atoms with Gasteiger partial charge in [-0.25, -0.2) is 0 Å². The minimum Gasteiger partial charge on any atom is -0.330 e. The molecule has 1 aliphatic rings. The smallest absolute Gasteiger partial charge is 0.153 e. The van der Waals surface area contributed by atoms with Crippen LogP contribution in [0.5, 0.6) is 0 Å². The molecule has 2 unspecified atom stereocenters. The summed E-state index contributed by atoms with van der Waals surface area (Å²) in [6, 6.07) is -0.431. The predicted molar refractivity (Wildman–Crippen MR) is 81.2 cm³/mol. The first-order valence-corrected chi connectivity index (χ1v) is 7.82. The summed E-state index contributed by atoms with van der Waals surface area (Å²) in [5.41, 5.74) is 11.1. The van der Waals surface area contributed by atoms with Crippen molar-refractivity contribution in [3.05, 3.63) is 0 Å². The number of nitrogens with two attached hydrogens (primary N) is 2. The van der Waals surface area contributed by atoms with Gasteiger partial charge in [0.15, 0.2) is 5.78 Å². The number of rotatable bonds is 7. The highest BCUT2D eigenvalue weighted by molar-refractivity contribution is 5.94. The van der Waals surface area contributed by atoms with E-state index in [-0.39, 0.29) is 28.8 Å². The van der Waals surface area contributed by atoms with Crippen LogP contribution in [0.4, 0.5) is 0 Å². The highest BCUT2D eigenvalue weighted by atomic mass is 16.1. The molecule has 0 aromatic rings. The lowest BCUT2D eigenvalue weighted by atomic mass is 9.76. The van der Waals surface area contributed by atoms with Crippen molar-refractivity contribution < 1.29 is 9.59 Å². The molecule has 0 bridgehead atoms. The maximum absolute atomic E-state index is 12.5. The van der Waals surface area contributed by atoms with Crippen molar-refractivity contribution in [3.63, 3.8) is 0 Å². The molecule has 3 atom stereocenters. The second-order valence-corrected chi connectivity index (χ2v) is 7.05. The molecular weight excluding hydrogens is 252 g/mol. The van der Waals surface area contributed by atoms with Crippen molar-refractivity contribution in [1.82, 2.24) is 0 Å². The Labute approximate surface area is 122 Å². The van der Waals surface area contributed by atoms with Crippen molar-refractivity contribution in [2.24, 2.45) is 28.7 Å². The standard InChI is InChI=1S/C16H30N2O2/c1-16(2,3)15(20)12-8-6-7-11(12)14(19)13(18)9-4-5-10-17/h11-13H,4-10,17-18H2,1-3H3/t11?,12-,13?/m1/s1. The molecule has 0 heterocycles. The van der Waals surface area contributed by atoms with Crippen molar-refractivity contribution in [3.8, 4) is 0 Å². The molecule has 1 rings (SSSR count). The average molecular weight is 282 g/mol. The molecule has 0 aromatic heterocycles. The summed E-state index contributed by atoms with van der Waals surface area (Å²) < 4.78 is 0. The van der Waals surface area contributed by atoms with Gasteiger partial charge in [0.1, 0.15) is 5.78 Å². The highest BCUT2D eigenvalue weighted by Crippen LogP contribution is 2.38. The molecule has 1 fully saturated rings. The summed E-state index contributed by atoms with van der Waals surface area (Å²) in [5, 5.41) is 0. The van der Waals surface area contributed by atoms with E-state index in [2.05, 4.69) is 0 Å². The quantitative estimate of drug-likeness (QED) is 0.700. The lowest BCUT2D eigenvalue weighted by molar-refractivity contribution is -0.136. The first-order chi connectivity index (χ1) is 9.29. The Balaban J connectivity index is 2.64. The molecule has 0 aliphatic heterocycles. The van der Waals surface area contributed by atoms with Crippen LogP contribution in [0.3, 0.4) is 0 Å². The Morgan fingerprint density at radius 1 is 1.15 bits per heavy atom. The third-order valence-corrected chi connectivity index (χ3v) is 4.29. The fourth-order valence-electron chi connectivity index (χ4n) is 3.10. The van der Waals surface area contributed by atoms with Gasteiger partial charge in [0.2, 0.25) is 0 Å². The van der Waals surface area contributed by atoms with Gasteiger partial charge in [-0.3, -0.25) is 9.59 Å². The molecule has 0 saturated heterocycles. The van der Waals surface area contributed by atoms with Crippen LogP contribution in [0.15, 0.2) is 0 Å². The molecule has 0 spiro atoms. The van der Waals surface area contributed by atoms with Crippen LogP contribution < -0.4 is 11.5 Å². The summed E-state index contributed by atoms with van der Waals surface area (Å²) in [6.07, 6.45) is 5.07. The van der Waals surface area contributed by atoms with E-state index in [4.69, 9.17) is 11.5 Å². The summed E-state index contributed by atoms with van der Waals surface area (Å²) in [4.78, 5) is 24.9. The number of hydrogen-bond acceptors (Lipinski definition) is 4. The summed E-state index contributed by atoms with van der Waals surface area (Å²) in [6.45, 7) is 6.42. The van der Waals surface area contributed by atoms with Crippen LogP contribution in [-0.4, -0.2) is 24.2 Å². The molecule has 4 heteroatoms.